The molecule has 0 aliphatic rings. The van der Waals surface area contributed by atoms with Crippen LogP contribution in [0.3, 0.4) is 0 Å². The van der Waals surface area contributed by atoms with Crippen molar-refractivity contribution in [2.45, 2.75) is 19.8 Å². The lowest BCUT2D eigenvalue weighted by Crippen LogP contribution is -2.12. The van der Waals surface area contributed by atoms with Crippen LogP contribution in [-0.4, -0.2) is 37.4 Å². The van der Waals surface area contributed by atoms with Gasteiger partial charge in [0, 0.05) is 11.5 Å². The standard InChI is InChI=1S/C15H19N3O4S/c1-8(2)14-17-18-15(23-14)16-13(19)9-6-10(20-3)12(22-5)11(7-9)21-4/h6-8H,1-5H3,(H,16,18,19). The summed E-state index contributed by atoms with van der Waals surface area (Å²) in [7, 11) is 4.51. The van der Waals surface area contributed by atoms with Crippen LogP contribution in [0.25, 0.3) is 0 Å². The molecule has 2 rings (SSSR count). The van der Waals surface area contributed by atoms with Crippen molar-refractivity contribution in [2.75, 3.05) is 26.6 Å². The molecule has 0 aliphatic heterocycles. The summed E-state index contributed by atoms with van der Waals surface area (Å²) in [6, 6.07) is 3.17. The van der Waals surface area contributed by atoms with Gasteiger partial charge in [-0.05, 0) is 12.1 Å². The molecular formula is C15H19N3O4S. The van der Waals surface area contributed by atoms with Crippen molar-refractivity contribution in [1.82, 2.24) is 10.2 Å². The molecule has 0 aliphatic carbocycles. The van der Waals surface area contributed by atoms with Crippen molar-refractivity contribution in [3.05, 3.63) is 22.7 Å². The number of hydrogen-bond acceptors (Lipinski definition) is 7. The third-order valence-electron chi connectivity index (χ3n) is 3.08. The zero-order valence-corrected chi connectivity index (χ0v) is 14.5. The first-order valence-corrected chi connectivity index (χ1v) is 7.76. The normalized spacial score (nSPS) is 10.5. The highest BCUT2D eigenvalue weighted by molar-refractivity contribution is 7.15. The summed E-state index contributed by atoms with van der Waals surface area (Å²) in [5.74, 6) is 1.20. The smallest absolute Gasteiger partial charge is 0.257 e. The van der Waals surface area contributed by atoms with Crippen LogP contribution in [0.5, 0.6) is 17.2 Å². The molecule has 7 nitrogen and oxygen atoms in total. The predicted octanol–water partition coefficient (Wildman–Crippen LogP) is 2.94. The second-order valence-corrected chi connectivity index (χ2v) is 5.98. The van der Waals surface area contributed by atoms with Gasteiger partial charge in [0.15, 0.2) is 11.5 Å². The Bertz CT molecular complexity index is 675. The van der Waals surface area contributed by atoms with Gasteiger partial charge in [0.25, 0.3) is 5.91 Å². The zero-order valence-electron chi connectivity index (χ0n) is 13.7. The van der Waals surface area contributed by atoms with E-state index in [2.05, 4.69) is 15.5 Å². The van der Waals surface area contributed by atoms with Crippen LogP contribution in [0, 0.1) is 0 Å². The molecule has 1 aromatic carbocycles. The highest BCUT2D eigenvalue weighted by Crippen LogP contribution is 2.38. The second kappa shape index (κ2) is 7.28. The minimum absolute atomic E-state index is 0.263. The third kappa shape index (κ3) is 3.70. The average Bonchev–Trinajstić information content (AvgIpc) is 3.01. The van der Waals surface area contributed by atoms with Gasteiger partial charge in [-0.1, -0.05) is 25.2 Å². The van der Waals surface area contributed by atoms with E-state index in [-0.39, 0.29) is 11.8 Å². The molecule has 0 saturated heterocycles. The average molecular weight is 337 g/mol. The van der Waals surface area contributed by atoms with Gasteiger partial charge in [-0.15, -0.1) is 10.2 Å². The largest absolute Gasteiger partial charge is 0.493 e. The molecule has 0 fully saturated rings. The van der Waals surface area contributed by atoms with Crippen LogP contribution >= 0.6 is 11.3 Å². The Labute approximate surface area is 138 Å². The van der Waals surface area contributed by atoms with Gasteiger partial charge in [-0.3, -0.25) is 10.1 Å². The van der Waals surface area contributed by atoms with E-state index in [1.165, 1.54) is 32.7 Å². The molecule has 1 N–H and O–H groups in total. The molecule has 0 unspecified atom stereocenters. The maximum atomic E-state index is 12.4. The lowest BCUT2D eigenvalue weighted by Gasteiger charge is -2.13. The Hall–Kier alpha value is -2.35. The molecule has 2 aromatic rings. The number of ether oxygens (including phenoxy) is 3. The third-order valence-corrected chi connectivity index (χ3v) is 4.22. The molecule has 0 atom stereocenters. The number of rotatable bonds is 6. The van der Waals surface area contributed by atoms with Crippen molar-refractivity contribution in [2.24, 2.45) is 0 Å². The van der Waals surface area contributed by atoms with E-state index in [1.54, 1.807) is 12.1 Å². The van der Waals surface area contributed by atoms with Crippen LogP contribution < -0.4 is 19.5 Å². The minimum atomic E-state index is -0.323. The van der Waals surface area contributed by atoms with Crippen molar-refractivity contribution >= 4 is 22.4 Å². The predicted molar refractivity (Wildman–Crippen MR) is 88.0 cm³/mol. The van der Waals surface area contributed by atoms with Crippen LogP contribution in [0.2, 0.25) is 0 Å². The number of amides is 1. The van der Waals surface area contributed by atoms with E-state index < -0.39 is 0 Å². The Balaban J connectivity index is 2.27. The highest BCUT2D eigenvalue weighted by Gasteiger charge is 2.18. The van der Waals surface area contributed by atoms with Gasteiger partial charge in [0.2, 0.25) is 10.9 Å². The Kier molecular flexibility index (Phi) is 5.38. The number of anilines is 1. The van der Waals surface area contributed by atoms with Gasteiger partial charge in [-0.25, -0.2) is 0 Å². The summed E-state index contributed by atoms with van der Waals surface area (Å²) in [5, 5.41) is 12.1. The van der Waals surface area contributed by atoms with E-state index >= 15 is 0 Å². The molecular weight excluding hydrogens is 318 g/mol. The van der Waals surface area contributed by atoms with Crippen molar-refractivity contribution in [3.8, 4) is 17.2 Å². The first kappa shape index (κ1) is 17.0. The minimum Gasteiger partial charge on any atom is -0.493 e. The number of nitrogens with zero attached hydrogens (tertiary/aromatic N) is 2. The molecule has 0 saturated carbocycles. The van der Waals surface area contributed by atoms with Crippen LogP contribution in [0.15, 0.2) is 12.1 Å². The topological polar surface area (TPSA) is 82.6 Å². The van der Waals surface area contributed by atoms with Crippen LogP contribution in [-0.2, 0) is 0 Å². The second-order valence-electron chi connectivity index (χ2n) is 4.97. The SMILES string of the molecule is COc1cc(C(=O)Nc2nnc(C(C)C)s2)cc(OC)c1OC. The molecule has 1 aromatic heterocycles. The molecule has 124 valence electrons. The first-order valence-electron chi connectivity index (χ1n) is 6.94. The molecule has 23 heavy (non-hydrogen) atoms. The summed E-state index contributed by atoms with van der Waals surface area (Å²) in [4.78, 5) is 12.4. The van der Waals surface area contributed by atoms with E-state index in [1.807, 2.05) is 13.8 Å². The fourth-order valence-corrected chi connectivity index (χ4v) is 2.64. The summed E-state index contributed by atoms with van der Waals surface area (Å²) in [5.41, 5.74) is 0.376. The van der Waals surface area contributed by atoms with E-state index in [4.69, 9.17) is 14.2 Å². The molecule has 0 bridgehead atoms. The van der Waals surface area contributed by atoms with Gasteiger partial charge < -0.3 is 14.2 Å². The summed E-state index contributed by atoms with van der Waals surface area (Å²) < 4.78 is 15.7. The Morgan fingerprint density at radius 3 is 2.13 bits per heavy atom. The van der Waals surface area contributed by atoms with Crippen LogP contribution in [0.4, 0.5) is 5.13 Å². The quantitative estimate of drug-likeness (QED) is 0.872. The summed E-state index contributed by atoms with van der Waals surface area (Å²) >= 11 is 1.35. The van der Waals surface area contributed by atoms with Crippen molar-refractivity contribution in [3.63, 3.8) is 0 Å². The van der Waals surface area contributed by atoms with Crippen molar-refractivity contribution < 1.29 is 19.0 Å². The molecule has 1 heterocycles. The summed E-state index contributed by atoms with van der Waals surface area (Å²) in [6.45, 7) is 4.04. The Morgan fingerprint density at radius 1 is 1.09 bits per heavy atom. The fraction of sp³-hybridized carbons (Fsp3) is 0.400. The zero-order chi connectivity index (χ0) is 17.0. The number of benzene rings is 1. The summed E-state index contributed by atoms with van der Waals surface area (Å²) in [6.07, 6.45) is 0. The van der Waals surface area contributed by atoms with E-state index in [9.17, 15) is 4.79 Å². The lowest BCUT2D eigenvalue weighted by atomic mass is 10.1. The van der Waals surface area contributed by atoms with Gasteiger partial charge in [-0.2, -0.15) is 0 Å². The van der Waals surface area contributed by atoms with E-state index in [0.29, 0.717) is 27.9 Å². The molecule has 0 spiro atoms. The van der Waals surface area contributed by atoms with Crippen LogP contribution in [0.1, 0.15) is 35.1 Å². The first-order chi connectivity index (χ1) is 11.0. The van der Waals surface area contributed by atoms with Gasteiger partial charge >= 0.3 is 0 Å². The molecule has 1 amide bonds. The Morgan fingerprint density at radius 2 is 1.70 bits per heavy atom. The number of carbonyl (C=O) groups is 1. The highest BCUT2D eigenvalue weighted by atomic mass is 32.1. The van der Waals surface area contributed by atoms with Gasteiger partial charge in [0.1, 0.15) is 5.01 Å². The van der Waals surface area contributed by atoms with E-state index in [0.717, 1.165) is 5.01 Å². The number of methoxy groups -OCH3 is 3. The lowest BCUT2D eigenvalue weighted by molar-refractivity contribution is 0.102. The van der Waals surface area contributed by atoms with Crippen molar-refractivity contribution in [1.29, 1.82) is 0 Å². The number of hydrogen-bond donors (Lipinski definition) is 1. The molecule has 0 radical (unpaired) electrons. The number of carbonyl (C=O) groups excluding carboxylic acids is 1. The fourth-order valence-electron chi connectivity index (χ4n) is 1.90. The maximum Gasteiger partial charge on any atom is 0.257 e. The van der Waals surface area contributed by atoms with Gasteiger partial charge in [0.05, 0.1) is 21.3 Å². The maximum absolute atomic E-state index is 12.4. The number of nitrogens with one attached hydrogen (secondary N) is 1. The number of aromatic nitrogens is 2. The molecule has 8 heteroatoms. The monoisotopic (exact) mass is 337 g/mol.